The highest BCUT2D eigenvalue weighted by Gasteiger charge is 2.43. The first kappa shape index (κ1) is 18.3. The van der Waals surface area contributed by atoms with Gasteiger partial charge in [-0.2, -0.15) is 0 Å². The first-order valence-corrected chi connectivity index (χ1v) is 8.37. The van der Waals surface area contributed by atoms with E-state index in [1.165, 1.54) is 12.1 Å². The molecule has 1 aromatic carbocycles. The van der Waals surface area contributed by atoms with E-state index in [0.29, 0.717) is 30.0 Å². The summed E-state index contributed by atoms with van der Waals surface area (Å²) in [5.74, 6) is -1.68. The van der Waals surface area contributed by atoms with E-state index >= 15 is 0 Å². The van der Waals surface area contributed by atoms with Crippen molar-refractivity contribution in [2.75, 3.05) is 11.9 Å². The number of nitrogens with one attached hydrogen (secondary N) is 2. The molecule has 1 saturated carbocycles. The quantitative estimate of drug-likeness (QED) is 0.733. The number of amides is 2. The first-order chi connectivity index (χ1) is 11.4. The van der Waals surface area contributed by atoms with E-state index in [1.807, 2.05) is 0 Å². The van der Waals surface area contributed by atoms with Gasteiger partial charge < -0.3 is 15.7 Å². The molecule has 3 N–H and O–H groups in total. The fourth-order valence-electron chi connectivity index (χ4n) is 3.09. The van der Waals surface area contributed by atoms with Gasteiger partial charge in [0.25, 0.3) is 5.91 Å². The summed E-state index contributed by atoms with van der Waals surface area (Å²) in [6.07, 6.45) is 2.49. The standard InChI is InChI=1S/C17H21ClN2O4/c1-2-19-15(22)12-6-5-11(18)9-13(12)20-14(21)10-17(16(23)24)7-3-4-8-17/h5-6,9H,2-4,7-8,10H2,1H3,(H,19,22)(H,20,21)(H,23,24). The zero-order chi connectivity index (χ0) is 17.7. The van der Waals surface area contributed by atoms with Crippen LogP contribution < -0.4 is 10.6 Å². The van der Waals surface area contributed by atoms with E-state index in [0.717, 1.165) is 12.8 Å². The van der Waals surface area contributed by atoms with Crippen molar-refractivity contribution < 1.29 is 19.5 Å². The number of aliphatic carboxylic acids is 1. The van der Waals surface area contributed by atoms with Crippen LogP contribution in [0, 0.1) is 5.41 Å². The lowest BCUT2D eigenvalue weighted by molar-refractivity contribution is -0.150. The lowest BCUT2D eigenvalue weighted by atomic mass is 9.82. The Labute approximate surface area is 145 Å². The van der Waals surface area contributed by atoms with E-state index < -0.39 is 17.3 Å². The summed E-state index contributed by atoms with van der Waals surface area (Å²) >= 11 is 5.95. The van der Waals surface area contributed by atoms with Crippen LogP contribution in [0.5, 0.6) is 0 Å². The first-order valence-electron chi connectivity index (χ1n) is 7.99. The zero-order valence-corrected chi connectivity index (χ0v) is 14.3. The fourth-order valence-corrected chi connectivity index (χ4v) is 3.27. The number of rotatable bonds is 6. The molecule has 6 nitrogen and oxygen atoms in total. The molecule has 0 aliphatic heterocycles. The summed E-state index contributed by atoms with van der Waals surface area (Å²) in [4.78, 5) is 36.0. The van der Waals surface area contributed by atoms with Crippen molar-refractivity contribution in [2.24, 2.45) is 5.41 Å². The average molecular weight is 353 g/mol. The molecule has 1 aliphatic rings. The van der Waals surface area contributed by atoms with Gasteiger partial charge in [0.2, 0.25) is 5.91 Å². The van der Waals surface area contributed by atoms with Crippen LogP contribution in [-0.4, -0.2) is 29.4 Å². The van der Waals surface area contributed by atoms with Gasteiger partial charge in [-0.25, -0.2) is 0 Å². The maximum Gasteiger partial charge on any atom is 0.310 e. The van der Waals surface area contributed by atoms with Crippen molar-refractivity contribution in [1.29, 1.82) is 0 Å². The molecule has 2 amide bonds. The number of halogens is 1. The Morgan fingerprint density at radius 2 is 1.92 bits per heavy atom. The normalized spacial score (nSPS) is 15.8. The molecule has 24 heavy (non-hydrogen) atoms. The summed E-state index contributed by atoms with van der Waals surface area (Å²) in [7, 11) is 0. The van der Waals surface area contributed by atoms with Crippen molar-refractivity contribution >= 4 is 35.1 Å². The summed E-state index contributed by atoms with van der Waals surface area (Å²) < 4.78 is 0. The van der Waals surface area contributed by atoms with Crippen LogP contribution >= 0.6 is 11.6 Å². The summed E-state index contributed by atoms with van der Waals surface area (Å²) in [5.41, 5.74) is -0.420. The molecule has 0 unspecified atom stereocenters. The van der Waals surface area contributed by atoms with Crippen molar-refractivity contribution in [3.05, 3.63) is 28.8 Å². The Morgan fingerprint density at radius 1 is 1.25 bits per heavy atom. The van der Waals surface area contributed by atoms with E-state index in [4.69, 9.17) is 11.6 Å². The van der Waals surface area contributed by atoms with Crippen LogP contribution in [0.15, 0.2) is 18.2 Å². The Bertz CT molecular complexity index is 654. The van der Waals surface area contributed by atoms with Gasteiger partial charge in [0, 0.05) is 18.0 Å². The van der Waals surface area contributed by atoms with E-state index in [1.54, 1.807) is 13.0 Å². The minimum atomic E-state index is -1.01. The highest BCUT2D eigenvalue weighted by atomic mass is 35.5. The number of benzene rings is 1. The maximum absolute atomic E-state index is 12.4. The number of hydrogen-bond acceptors (Lipinski definition) is 3. The van der Waals surface area contributed by atoms with Gasteiger partial charge in [-0.1, -0.05) is 24.4 Å². The molecule has 130 valence electrons. The SMILES string of the molecule is CCNC(=O)c1ccc(Cl)cc1NC(=O)CC1(C(=O)O)CCCC1. The molecule has 0 aromatic heterocycles. The molecule has 7 heteroatoms. The maximum atomic E-state index is 12.4. The van der Waals surface area contributed by atoms with Crippen molar-refractivity contribution in [3.8, 4) is 0 Å². The van der Waals surface area contributed by atoms with Gasteiger partial charge in [0.05, 0.1) is 16.7 Å². The van der Waals surface area contributed by atoms with Crippen molar-refractivity contribution in [1.82, 2.24) is 5.32 Å². The third-order valence-corrected chi connectivity index (χ3v) is 4.59. The summed E-state index contributed by atoms with van der Waals surface area (Å²) in [5, 5.41) is 15.2. The van der Waals surface area contributed by atoms with Crippen LogP contribution in [0.1, 0.15) is 49.4 Å². The van der Waals surface area contributed by atoms with Gasteiger partial charge in [0.15, 0.2) is 0 Å². The topological polar surface area (TPSA) is 95.5 Å². The number of carboxylic acids is 1. The minimum Gasteiger partial charge on any atom is -0.481 e. The lowest BCUT2D eigenvalue weighted by Crippen LogP contribution is -2.33. The average Bonchev–Trinajstić information content (AvgIpc) is 2.97. The van der Waals surface area contributed by atoms with Gasteiger partial charge in [-0.3, -0.25) is 14.4 Å². The Balaban J connectivity index is 2.18. The monoisotopic (exact) mass is 352 g/mol. The predicted molar refractivity (Wildman–Crippen MR) is 91.2 cm³/mol. The lowest BCUT2D eigenvalue weighted by Gasteiger charge is -2.23. The van der Waals surface area contributed by atoms with Crippen molar-refractivity contribution in [3.63, 3.8) is 0 Å². The number of carboxylic acid groups (broad SMARTS) is 1. The molecule has 1 aromatic rings. The second-order valence-electron chi connectivity index (χ2n) is 6.07. The summed E-state index contributed by atoms with van der Waals surface area (Å²) in [6, 6.07) is 4.59. The van der Waals surface area contributed by atoms with Crippen molar-refractivity contribution in [2.45, 2.75) is 39.0 Å². The number of anilines is 1. The highest BCUT2D eigenvalue weighted by Crippen LogP contribution is 2.41. The molecule has 0 spiro atoms. The van der Waals surface area contributed by atoms with Gasteiger partial charge in [-0.15, -0.1) is 0 Å². The number of carbonyl (C=O) groups is 3. The number of carbonyl (C=O) groups excluding carboxylic acids is 2. The molecule has 0 saturated heterocycles. The minimum absolute atomic E-state index is 0.107. The van der Waals surface area contributed by atoms with Gasteiger partial charge in [0.1, 0.15) is 0 Å². The molecule has 1 aliphatic carbocycles. The van der Waals surface area contributed by atoms with Gasteiger partial charge >= 0.3 is 5.97 Å². The fraction of sp³-hybridized carbons (Fsp3) is 0.471. The zero-order valence-electron chi connectivity index (χ0n) is 13.5. The molecule has 0 atom stereocenters. The third kappa shape index (κ3) is 4.06. The Morgan fingerprint density at radius 3 is 2.50 bits per heavy atom. The van der Waals surface area contributed by atoms with Crippen LogP contribution in [0.25, 0.3) is 0 Å². The van der Waals surface area contributed by atoms with Crippen LogP contribution in [0.3, 0.4) is 0 Å². The Kier molecular flexibility index (Phi) is 5.83. The molecular weight excluding hydrogens is 332 g/mol. The predicted octanol–water partition coefficient (Wildman–Crippen LogP) is 3.06. The molecule has 0 radical (unpaired) electrons. The molecule has 1 fully saturated rings. The molecule has 0 bridgehead atoms. The van der Waals surface area contributed by atoms with E-state index in [2.05, 4.69) is 10.6 Å². The molecule has 0 heterocycles. The number of hydrogen-bond donors (Lipinski definition) is 3. The second kappa shape index (κ2) is 7.66. The Hall–Kier alpha value is -2.08. The van der Waals surface area contributed by atoms with Crippen LogP contribution in [0.4, 0.5) is 5.69 Å². The van der Waals surface area contributed by atoms with E-state index in [9.17, 15) is 19.5 Å². The molecule has 2 rings (SSSR count). The third-order valence-electron chi connectivity index (χ3n) is 4.35. The van der Waals surface area contributed by atoms with Crippen LogP contribution in [0.2, 0.25) is 5.02 Å². The van der Waals surface area contributed by atoms with E-state index in [-0.39, 0.29) is 18.0 Å². The molecular formula is C17H21ClN2O4. The smallest absolute Gasteiger partial charge is 0.310 e. The van der Waals surface area contributed by atoms with Gasteiger partial charge in [-0.05, 0) is 38.0 Å². The second-order valence-corrected chi connectivity index (χ2v) is 6.50. The van der Waals surface area contributed by atoms with Crippen LogP contribution in [-0.2, 0) is 9.59 Å². The summed E-state index contributed by atoms with van der Waals surface area (Å²) in [6.45, 7) is 2.25. The highest BCUT2D eigenvalue weighted by molar-refractivity contribution is 6.31. The largest absolute Gasteiger partial charge is 0.481 e.